The maximum Gasteiger partial charge on any atom is 0.313 e. The van der Waals surface area contributed by atoms with Gasteiger partial charge in [-0.25, -0.2) is 0 Å². The van der Waals surface area contributed by atoms with Crippen LogP contribution in [0.1, 0.15) is 17.7 Å². The van der Waals surface area contributed by atoms with Gasteiger partial charge in [0.05, 0.1) is 16.8 Å². The molecule has 0 saturated carbocycles. The lowest BCUT2D eigenvalue weighted by molar-refractivity contribution is -0.141. The van der Waals surface area contributed by atoms with E-state index in [-0.39, 0.29) is 11.9 Å². The van der Waals surface area contributed by atoms with Gasteiger partial charge in [0.15, 0.2) is 0 Å². The first-order valence-electron chi connectivity index (χ1n) is 3.48. The minimum absolute atomic E-state index is 0.161. The van der Waals surface area contributed by atoms with E-state index in [1.807, 2.05) is 19.1 Å². The topological polar surface area (TPSA) is 26.3 Å². The number of rotatable bonds is 2. The van der Waals surface area contributed by atoms with Crippen LogP contribution in [-0.2, 0) is 9.53 Å². The van der Waals surface area contributed by atoms with Gasteiger partial charge in [0.2, 0.25) is 0 Å². The molecule has 0 aliphatic carbocycles. The second-order valence-electron chi connectivity index (χ2n) is 2.39. The molecule has 0 fully saturated rings. The standard InChI is InChI=1S/C8H9BrO2S/c1-5(8(10)11-2)6-3-4-7(9)12-6/h3-5H,1-2H3/t5-/m0/s1. The number of carbonyl (C=O) groups is 1. The van der Waals surface area contributed by atoms with Crippen LogP contribution in [0.4, 0.5) is 0 Å². The van der Waals surface area contributed by atoms with E-state index in [9.17, 15) is 4.79 Å². The molecule has 66 valence electrons. The molecule has 0 amide bonds. The average Bonchev–Trinajstić information content (AvgIpc) is 2.49. The van der Waals surface area contributed by atoms with Gasteiger partial charge in [0.25, 0.3) is 0 Å². The summed E-state index contributed by atoms with van der Waals surface area (Å²) in [5.74, 6) is -0.351. The Morgan fingerprint density at radius 1 is 1.67 bits per heavy atom. The van der Waals surface area contributed by atoms with Crippen LogP contribution < -0.4 is 0 Å². The quantitative estimate of drug-likeness (QED) is 0.753. The lowest BCUT2D eigenvalue weighted by Gasteiger charge is -2.04. The monoisotopic (exact) mass is 248 g/mol. The predicted molar refractivity (Wildman–Crippen MR) is 52.5 cm³/mol. The van der Waals surface area contributed by atoms with Crippen molar-refractivity contribution in [3.63, 3.8) is 0 Å². The Morgan fingerprint density at radius 3 is 2.75 bits per heavy atom. The SMILES string of the molecule is COC(=O)[C@@H](C)c1ccc(Br)s1. The fraction of sp³-hybridized carbons (Fsp3) is 0.375. The van der Waals surface area contributed by atoms with Crippen molar-refractivity contribution in [3.8, 4) is 0 Å². The van der Waals surface area contributed by atoms with Crippen LogP contribution in [0.3, 0.4) is 0 Å². The van der Waals surface area contributed by atoms with E-state index < -0.39 is 0 Å². The summed E-state index contributed by atoms with van der Waals surface area (Å²) in [6.07, 6.45) is 0. The minimum atomic E-state index is -0.190. The van der Waals surface area contributed by atoms with E-state index in [4.69, 9.17) is 0 Å². The summed E-state index contributed by atoms with van der Waals surface area (Å²) in [6, 6.07) is 3.86. The summed E-state index contributed by atoms with van der Waals surface area (Å²) in [6.45, 7) is 1.84. The highest BCUT2D eigenvalue weighted by Gasteiger charge is 2.16. The van der Waals surface area contributed by atoms with Gasteiger partial charge in [-0.05, 0) is 35.0 Å². The molecule has 0 radical (unpaired) electrons. The van der Waals surface area contributed by atoms with Crippen molar-refractivity contribution in [2.24, 2.45) is 0 Å². The second-order valence-corrected chi connectivity index (χ2v) is 4.88. The third kappa shape index (κ3) is 2.08. The molecule has 4 heteroatoms. The molecule has 1 atom stereocenters. The van der Waals surface area contributed by atoms with Crippen LogP contribution in [0.15, 0.2) is 15.9 Å². The van der Waals surface area contributed by atoms with Crippen molar-refractivity contribution in [2.75, 3.05) is 7.11 Å². The Balaban J connectivity index is 2.77. The zero-order chi connectivity index (χ0) is 9.14. The van der Waals surface area contributed by atoms with Gasteiger partial charge in [-0.1, -0.05) is 0 Å². The lowest BCUT2D eigenvalue weighted by atomic mass is 10.1. The van der Waals surface area contributed by atoms with Gasteiger partial charge in [-0.15, -0.1) is 11.3 Å². The molecule has 12 heavy (non-hydrogen) atoms. The number of esters is 1. The lowest BCUT2D eigenvalue weighted by Crippen LogP contribution is -2.09. The Bertz CT molecular complexity index is 282. The van der Waals surface area contributed by atoms with E-state index in [1.165, 1.54) is 7.11 Å². The smallest absolute Gasteiger partial charge is 0.313 e. The third-order valence-electron chi connectivity index (χ3n) is 1.58. The summed E-state index contributed by atoms with van der Waals surface area (Å²) < 4.78 is 5.66. The van der Waals surface area contributed by atoms with Crippen LogP contribution in [0.5, 0.6) is 0 Å². The number of hydrogen-bond donors (Lipinski definition) is 0. The highest BCUT2D eigenvalue weighted by atomic mass is 79.9. The molecule has 0 saturated heterocycles. The van der Waals surface area contributed by atoms with E-state index in [2.05, 4.69) is 20.7 Å². The van der Waals surface area contributed by atoms with Crippen LogP contribution in [0, 0.1) is 0 Å². The minimum Gasteiger partial charge on any atom is -0.469 e. The first-order chi connectivity index (χ1) is 5.65. The van der Waals surface area contributed by atoms with Crippen molar-refractivity contribution in [1.29, 1.82) is 0 Å². The fourth-order valence-corrected chi connectivity index (χ4v) is 2.32. The molecular weight excluding hydrogens is 240 g/mol. The molecule has 2 nitrogen and oxygen atoms in total. The zero-order valence-corrected chi connectivity index (χ0v) is 9.24. The van der Waals surface area contributed by atoms with E-state index in [0.717, 1.165) is 8.66 Å². The number of hydrogen-bond acceptors (Lipinski definition) is 3. The van der Waals surface area contributed by atoms with Gasteiger partial charge in [0, 0.05) is 4.88 Å². The number of ether oxygens (including phenoxy) is 1. The van der Waals surface area contributed by atoms with Crippen molar-refractivity contribution in [1.82, 2.24) is 0 Å². The average molecular weight is 249 g/mol. The summed E-state index contributed by atoms with van der Waals surface area (Å²) in [4.78, 5) is 12.1. The van der Waals surface area contributed by atoms with Crippen LogP contribution in [0.25, 0.3) is 0 Å². The molecule has 0 unspecified atom stereocenters. The molecule has 0 aliphatic rings. The first kappa shape index (κ1) is 9.74. The fourth-order valence-electron chi connectivity index (χ4n) is 0.854. The van der Waals surface area contributed by atoms with Crippen LogP contribution in [0.2, 0.25) is 0 Å². The Kier molecular flexibility index (Phi) is 3.29. The summed E-state index contributed by atoms with van der Waals surface area (Å²) in [7, 11) is 1.40. The summed E-state index contributed by atoms with van der Waals surface area (Å²) in [5, 5.41) is 0. The molecule has 0 bridgehead atoms. The maximum absolute atomic E-state index is 11.1. The van der Waals surface area contributed by atoms with Gasteiger partial charge in [-0.3, -0.25) is 4.79 Å². The summed E-state index contributed by atoms with van der Waals surface area (Å²) >= 11 is 4.89. The highest BCUT2D eigenvalue weighted by molar-refractivity contribution is 9.11. The van der Waals surface area contributed by atoms with Crippen molar-refractivity contribution < 1.29 is 9.53 Å². The molecular formula is C8H9BrO2S. The molecule has 0 aromatic carbocycles. The van der Waals surface area contributed by atoms with Crippen LogP contribution >= 0.6 is 27.3 Å². The second kappa shape index (κ2) is 4.05. The third-order valence-corrected chi connectivity index (χ3v) is 3.38. The number of carbonyl (C=O) groups excluding carboxylic acids is 1. The van der Waals surface area contributed by atoms with E-state index in [0.29, 0.717) is 0 Å². The number of halogens is 1. The van der Waals surface area contributed by atoms with E-state index in [1.54, 1.807) is 11.3 Å². The Morgan fingerprint density at radius 2 is 2.33 bits per heavy atom. The molecule has 1 aromatic heterocycles. The highest BCUT2D eigenvalue weighted by Crippen LogP contribution is 2.28. The predicted octanol–water partition coefficient (Wildman–Crippen LogP) is 2.79. The van der Waals surface area contributed by atoms with Crippen LogP contribution in [-0.4, -0.2) is 13.1 Å². The summed E-state index contributed by atoms with van der Waals surface area (Å²) in [5.41, 5.74) is 0. The zero-order valence-electron chi connectivity index (χ0n) is 6.83. The van der Waals surface area contributed by atoms with Gasteiger partial charge < -0.3 is 4.74 Å². The van der Waals surface area contributed by atoms with E-state index >= 15 is 0 Å². The molecule has 0 spiro atoms. The molecule has 1 heterocycles. The Labute approximate surface area is 83.7 Å². The largest absolute Gasteiger partial charge is 0.469 e. The normalized spacial score (nSPS) is 12.6. The molecule has 1 aromatic rings. The number of methoxy groups -OCH3 is 1. The maximum atomic E-state index is 11.1. The van der Waals surface area contributed by atoms with Crippen molar-refractivity contribution >= 4 is 33.2 Å². The van der Waals surface area contributed by atoms with Gasteiger partial charge >= 0.3 is 5.97 Å². The number of thiophene rings is 1. The molecule has 0 N–H and O–H groups in total. The molecule has 1 rings (SSSR count). The van der Waals surface area contributed by atoms with Crippen molar-refractivity contribution in [3.05, 3.63) is 20.8 Å². The molecule has 0 aliphatic heterocycles. The van der Waals surface area contributed by atoms with Gasteiger partial charge in [-0.2, -0.15) is 0 Å². The van der Waals surface area contributed by atoms with Crippen molar-refractivity contribution in [2.45, 2.75) is 12.8 Å². The first-order valence-corrected chi connectivity index (χ1v) is 5.09. The Hall–Kier alpha value is -0.350. The van der Waals surface area contributed by atoms with Gasteiger partial charge in [0.1, 0.15) is 0 Å².